The minimum atomic E-state index is -3.06. The van der Waals surface area contributed by atoms with Gasteiger partial charge in [0.15, 0.2) is 11.3 Å². The van der Waals surface area contributed by atoms with E-state index >= 15 is 0 Å². The molecular weight excluding hydrogens is 416 g/mol. The van der Waals surface area contributed by atoms with E-state index in [1.165, 1.54) is 11.9 Å². The highest BCUT2D eigenvalue weighted by molar-refractivity contribution is 5.93. The summed E-state index contributed by atoms with van der Waals surface area (Å²) in [5.41, 5.74) is -0.293. The Labute approximate surface area is 173 Å². The molecule has 0 saturated heterocycles. The van der Waals surface area contributed by atoms with Gasteiger partial charge in [-0.1, -0.05) is 12.1 Å². The average Bonchev–Trinajstić information content (AvgIpc) is 3.42. The van der Waals surface area contributed by atoms with E-state index in [4.69, 9.17) is 0 Å². The Kier molecular flexibility index (Phi) is 5.40. The van der Waals surface area contributed by atoms with Gasteiger partial charge in [0, 0.05) is 32.1 Å². The van der Waals surface area contributed by atoms with Gasteiger partial charge in [0.2, 0.25) is 0 Å². The number of alkyl halides is 4. The van der Waals surface area contributed by atoms with E-state index in [0.29, 0.717) is 6.07 Å². The van der Waals surface area contributed by atoms with Crippen molar-refractivity contribution >= 4 is 11.6 Å². The van der Waals surface area contributed by atoms with E-state index in [-0.39, 0.29) is 17.9 Å². The van der Waals surface area contributed by atoms with Crippen molar-refractivity contribution in [2.24, 2.45) is 0 Å². The van der Waals surface area contributed by atoms with E-state index < -0.39 is 30.1 Å². The minimum Gasteiger partial charge on any atom is -0.336 e. The number of fused-ring (bicyclic) bond motifs is 1. The third-order valence-corrected chi connectivity index (χ3v) is 4.61. The molecule has 3 aromatic heterocycles. The number of hydrogen-bond acceptors (Lipinski definition) is 4. The van der Waals surface area contributed by atoms with Crippen LogP contribution in [0, 0.1) is 0 Å². The number of nitrogens with zero attached hydrogens (tertiary/aromatic N) is 6. The number of rotatable bonds is 6. The van der Waals surface area contributed by atoms with Crippen LogP contribution in [0.2, 0.25) is 0 Å². The maximum absolute atomic E-state index is 13.3. The summed E-state index contributed by atoms with van der Waals surface area (Å²) < 4.78 is 55.0. The van der Waals surface area contributed by atoms with Gasteiger partial charge in [0.05, 0.1) is 5.69 Å². The zero-order valence-corrected chi connectivity index (χ0v) is 16.2. The second kappa shape index (κ2) is 8.17. The molecule has 160 valence electrons. The quantitative estimate of drug-likeness (QED) is 0.431. The zero-order valence-electron chi connectivity index (χ0n) is 16.2. The molecule has 0 atom stereocenters. The number of aromatic nitrogens is 5. The Morgan fingerprint density at radius 3 is 2.45 bits per heavy atom. The lowest BCUT2D eigenvalue weighted by molar-refractivity contribution is 0.0778. The largest absolute Gasteiger partial charge is 0.336 e. The molecule has 0 bridgehead atoms. The fourth-order valence-corrected chi connectivity index (χ4v) is 3.11. The smallest absolute Gasteiger partial charge is 0.280 e. The Morgan fingerprint density at radius 1 is 1.10 bits per heavy atom. The van der Waals surface area contributed by atoms with Crippen molar-refractivity contribution in [1.29, 1.82) is 0 Å². The molecule has 0 unspecified atom stereocenters. The van der Waals surface area contributed by atoms with Crippen LogP contribution >= 0.6 is 0 Å². The molecule has 0 aliphatic heterocycles. The summed E-state index contributed by atoms with van der Waals surface area (Å²) in [6, 6.07) is 10.9. The fraction of sp³-hybridized carbons (Fsp3) is 0.200. The predicted molar refractivity (Wildman–Crippen MR) is 102 cm³/mol. The lowest BCUT2D eigenvalue weighted by Crippen LogP contribution is -2.26. The third kappa shape index (κ3) is 4.11. The first kappa shape index (κ1) is 20.5. The number of amides is 1. The van der Waals surface area contributed by atoms with Crippen LogP contribution < -0.4 is 0 Å². The first-order valence-electron chi connectivity index (χ1n) is 9.15. The van der Waals surface area contributed by atoms with E-state index in [9.17, 15) is 22.4 Å². The number of carbonyl (C=O) groups is 1. The van der Waals surface area contributed by atoms with Crippen molar-refractivity contribution < 1.29 is 22.4 Å². The van der Waals surface area contributed by atoms with Gasteiger partial charge in [0.25, 0.3) is 18.8 Å². The van der Waals surface area contributed by atoms with Gasteiger partial charge in [0.1, 0.15) is 11.4 Å². The zero-order chi connectivity index (χ0) is 22.1. The SMILES string of the molecule is CN(Cc1ccc(-n2cccn2)cc1)C(=O)c1cc2nc(C(F)F)cc(C(F)F)n2n1. The van der Waals surface area contributed by atoms with Crippen molar-refractivity contribution in [3.8, 4) is 5.69 Å². The lowest BCUT2D eigenvalue weighted by Gasteiger charge is -2.16. The molecule has 0 aliphatic carbocycles. The molecule has 0 aliphatic rings. The predicted octanol–water partition coefficient (Wildman–Crippen LogP) is 4.06. The van der Waals surface area contributed by atoms with E-state index in [2.05, 4.69) is 15.2 Å². The summed E-state index contributed by atoms with van der Waals surface area (Å²) in [5, 5.41) is 8.01. The van der Waals surface area contributed by atoms with Gasteiger partial charge in [-0.25, -0.2) is 31.7 Å². The van der Waals surface area contributed by atoms with Crippen molar-refractivity contribution in [2.45, 2.75) is 19.4 Å². The second-order valence-corrected chi connectivity index (χ2v) is 6.79. The van der Waals surface area contributed by atoms with Crippen LogP contribution in [0.1, 0.15) is 40.3 Å². The van der Waals surface area contributed by atoms with Crippen molar-refractivity contribution in [3.05, 3.63) is 77.5 Å². The Bertz CT molecular complexity index is 1200. The fourth-order valence-electron chi connectivity index (χ4n) is 3.11. The maximum Gasteiger partial charge on any atom is 0.280 e. The summed E-state index contributed by atoms with van der Waals surface area (Å²) in [7, 11) is 1.53. The molecule has 31 heavy (non-hydrogen) atoms. The molecule has 1 aromatic carbocycles. The first-order valence-corrected chi connectivity index (χ1v) is 9.15. The van der Waals surface area contributed by atoms with Crippen molar-refractivity contribution in [1.82, 2.24) is 29.3 Å². The van der Waals surface area contributed by atoms with Crippen LogP contribution in [0.3, 0.4) is 0 Å². The molecular formula is C20H16F4N6O. The van der Waals surface area contributed by atoms with E-state index in [0.717, 1.165) is 21.8 Å². The molecule has 4 rings (SSSR count). The monoisotopic (exact) mass is 432 g/mol. The highest BCUT2D eigenvalue weighted by Crippen LogP contribution is 2.25. The Balaban J connectivity index is 1.56. The number of benzene rings is 1. The van der Waals surface area contributed by atoms with E-state index in [1.807, 2.05) is 24.3 Å². The molecule has 1 amide bonds. The molecule has 7 nitrogen and oxygen atoms in total. The molecule has 3 heterocycles. The van der Waals surface area contributed by atoms with Crippen molar-refractivity contribution in [3.63, 3.8) is 0 Å². The molecule has 0 N–H and O–H groups in total. The number of hydrogen-bond donors (Lipinski definition) is 0. The molecule has 4 aromatic rings. The summed E-state index contributed by atoms with van der Waals surface area (Å²) in [6.45, 7) is 0.226. The van der Waals surface area contributed by atoms with Crippen LogP contribution in [0.5, 0.6) is 0 Å². The second-order valence-electron chi connectivity index (χ2n) is 6.79. The van der Waals surface area contributed by atoms with Gasteiger partial charge in [-0.2, -0.15) is 10.2 Å². The van der Waals surface area contributed by atoms with Crippen molar-refractivity contribution in [2.75, 3.05) is 7.05 Å². The topological polar surface area (TPSA) is 68.3 Å². The standard InChI is InChI=1S/C20H16F4N6O/c1-28(11-12-3-5-13(6-4-12)29-8-2-7-25-29)20(31)15-10-17-26-14(18(21)22)9-16(19(23)24)30(17)27-15/h2-10,18-19H,11H2,1H3. The average molecular weight is 432 g/mol. The highest BCUT2D eigenvalue weighted by atomic mass is 19.3. The summed E-state index contributed by atoms with van der Waals surface area (Å²) >= 11 is 0. The molecule has 11 heteroatoms. The van der Waals surface area contributed by atoms with Gasteiger partial charge in [-0.05, 0) is 29.8 Å². The van der Waals surface area contributed by atoms with Crippen LogP contribution in [-0.4, -0.2) is 42.2 Å². The lowest BCUT2D eigenvalue weighted by atomic mass is 10.2. The van der Waals surface area contributed by atoms with Crippen LogP contribution in [0.4, 0.5) is 17.6 Å². The van der Waals surface area contributed by atoms with E-state index in [1.54, 1.807) is 23.1 Å². The normalized spacial score (nSPS) is 11.6. The number of halogens is 4. The molecule has 0 saturated carbocycles. The number of carbonyl (C=O) groups excluding carboxylic acids is 1. The minimum absolute atomic E-state index is 0.170. The molecule has 0 spiro atoms. The third-order valence-electron chi connectivity index (χ3n) is 4.61. The summed E-state index contributed by atoms with van der Waals surface area (Å²) in [5.74, 6) is -0.555. The summed E-state index contributed by atoms with van der Waals surface area (Å²) in [6.07, 6.45) is -2.62. The summed E-state index contributed by atoms with van der Waals surface area (Å²) in [4.78, 5) is 17.7. The Hall–Kier alpha value is -3.76. The first-order chi connectivity index (χ1) is 14.8. The molecule has 0 fully saturated rings. The van der Waals surface area contributed by atoms with Crippen LogP contribution in [0.25, 0.3) is 11.3 Å². The van der Waals surface area contributed by atoms with Crippen LogP contribution in [0.15, 0.2) is 54.9 Å². The van der Waals surface area contributed by atoms with Gasteiger partial charge in [-0.15, -0.1) is 0 Å². The maximum atomic E-state index is 13.3. The Morgan fingerprint density at radius 2 is 1.84 bits per heavy atom. The van der Waals surface area contributed by atoms with Crippen LogP contribution in [-0.2, 0) is 6.54 Å². The van der Waals surface area contributed by atoms with Gasteiger partial charge in [-0.3, -0.25) is 4.79 Å². The molecule has 0 radical (unpaired) electrons. The van der Waals surface area contributed by atoms with Gasteiger partial charge < -0.3 is 4.90 Å². The van der Waals surface area contributed by atoms with Gasteiger partial charge >= 0.3 is 0 Å². The highest BCUT2D eigenvalue weighted by Gasteiger charge is 2.23.